The van der Waals surface area contributed by atoms with Gasteiger partial charge in [-0.2, -0.15) is 0 Å². The molecule has 3 rings (SSSR count). The zero-order valence-electron chi connectivity index (χ0n) is 18.1. The van der Waals surface area contributed by atoms with Gasteiger partial charge < -0.3 is 19.5 Å². The van der Waals surface area contributed by atoms with Gasteiger partial charge in [0.1, 0.15) is 11.6 Å². The summed E-state index contributed by atoms with van der Waals surface area (Å²) < 4.78 is 70.3. The van der Waals surface area contributed by atoms with Gasteiger partial charge in [-0.1, -0.05) is 11.6 Å². The van der Waals surface area contributed by atoms with Crippen molar-refractivity contribution in [3.63, 3.8) is 0 Å². The van der Waals surface area contributed by atoms with Crippen LogP contribution in [-0.2, 0) is 19.0 Å². The predicted molar refractivity (Wildman–Crippen MR) is 111 cm³/mol. The van der Waals surface area contributed by atoms with E-state index in [0.29, 0.717) is 32.7 Å². The summed E-state index contributed by atoms with van der Waals surface area (Å²) in [6.45, 7) is 1.99. The van der Waals surface area contributed by atoms with E-state index in [9.17, 15) is 22.4 Å². The predicted octanol–water partition coefficient (Wildman–Crippen LogP) is 3.15. The Bertz CT molecular complexity index is 794. The Kier molecular flexibility index (Phi) is 9.17. The molecule has 0 aromatic heterocycles. The summed E-state index contributed by atoms with van der Waals surface area (Å²) in [5, 5.41) is 2.85. The molecule has 0 spiro atoms. The first-order chi connectivity index (χ1) is 15.6. The molecule has 1 aromatic rings. The summed E-state index contributed by atoms with van der Waals surface area (Å²) in [4.78, 5) is 14.4. The number of rotatable bonds is 10. The second kappa shape index (κ2) is 11.7. The lowest BCUT2D eigenvalue weighted by Crippen LogP contribution is -2.56. The molecule has 186 valence electrons. The number of nitrogens with one attached hydrogen (secondary N) is 1. The van der Waals surface area contributed by atoms with Gasteiger partial charge in [0, 0.05) is 45.7 Å². The van der Waals surface area contributed by atoms with Crippen molar-refractivity contribution in [1.82, 2.24) is 10.2 Å². The zero-order chi connectivity index (χ0) is 24.0. The number of methoxy groups -OCH3 is 1. The van der Waals surface area contributed by atoms with Crippen LogP contribution in [0.5, 0.6) is 5.75 Å². The van der Waals surface area contributed by atoms with E-state index in [2.05, 4.69) is 15.0 Å². The highest BCUT2D eigenvalue weighted by Gasteiger charge is 2.40. The molecule has 1 aliphatic carbocycles. The van der Waals surface area contributed by atoms with Crippen molar-refractivity contribution in [3.8, 4) is 5.75 Å². The van der Waals surface area contributed by atoms with Crippen LogP contribution in [0.15, 0.2) is 18.2 Å². The number of likely N-dealkylation sites (tertiary alicyclic amines) is 1. The number of amides is 1. The van der Waals surface area contributed by atoms with Crippen LogP contribution in [0.25, 0.3) is 0 Å². The maximum absolute atomic E-state index is 13.5. The van der Waals surface area contributed by atoms with Crippen LogP contribution in [0, 0.1) is 5.82 Å². The first-order valence-corrected chi connectivity index (χ1v) is 11.0. The minimum Gasteiger partial charge on any atom is -0.484 e. The fraction of sp³-hybridized carbons (Fsp3) is 0.667. The minimum atomic E-state index is -4.61. The Hall–Kier alpha value is -1.66. The highest BCUT2D eigenvalue weighted by atomic mass is 35.5. The summed E-state index contributed by atoms with van der Waals surface area (Å²) in [7, 11) is 1.56. The van der Waals surface area contributed by atoms with Crippen LogP contribution in [0.2, 0.25) is 5.02 Å². The third-order valence-electron chi connectivity index (χ3n) is 5.67. The highest BCUT2D eigenvalue weighted by molar-refractivity contribution is 6.30. The normalized spacial score (nSPS) is 26.0. The molecule has 2 aliphatic rings. The molecule has 0 radical (unpaired) electrons. The maximum Gasteiger partial charge on any atom is 0.522 e. The monoisotopic (exact) mass is 498 g/mol. The van der Waals surface area contributed by atoms with Gasteiger partial charge in [-0.15, -0.1) is 13.2 Å². The number of nitrogens with zero attached hydrogens (tertiary/aromatic N) is 1. The first-order valence-electron chi connectivity index (χ1n) is 10.6. The molecule has 1 heterocycles. The number of alkyl halides is 3. The second-order valence-electron chi connectivity index (χ2n) is 8.05. The number of hydrogen-bond acceptors (Lipinski definition) is 6. The van der Waals surface area contributed by atoms with Gasteiger partial charge in [0.05, 0.1) is 36.0 Å². The smallest absolute Gasteiger partial charge is 0.484 e. The number of halogens is 5. The van der Waals surface area contributed by atoms with Crippen LogP contribution >= 0.6 is 11.6 Å². The van der Waals surface area contributed by atoms with Crippen molar-refractivity contribution in [2.45, 2.75) is 50.0 Å². The number of piperidine rings is 1. The van der Waals surface area contributed by atoms with Gasteiger partial charge in [0.25, 0.3) is 5.91 Å². The molecule has 2 fully saturated rings. The van der Waals surface area contributed by atoms with E-state index in [-0.39, 0.29) is 54.4 Å². The Morgan fingerprint density at radius 1 is 1.27 bits per heavy atom. The van der Waals surface area contributed by atoms with Gasteiger partial charge >= 0.3 is 6.36 Å². The fourth-order valence-electron chi connectivity index (χ4n) is 3.84. The molecule has 1 aliphatic heterocycles. The Labute approximate surface area is 194 Å². The summed E-state index contributed by atoms with van der Waals surface area (Å²) in [6, 6.07) is 3.73. The molecule has 2 atom stereocenters. The molecule has 12 heteroatoms. The maximum atomic E-state index is 13.5. The van der Waals surface area contributed by atoms with Gasteiger partial charge in [-0.3, -0.25) is 14.4 Å². The minimum absolute atomic E-state index is 0.0285. The Balaban J connectivity index is 1.32. The number of carbonyl (C=O) groups excluding carboxylic acids is 1. The molecule has 7 nitrogen and oxygen atoms in total. The topological polar surface area (TPSA) is 69.3 Å². The van der Waals surface area contributed by atoms with Crippen molar-refractivity contribution >= 4 is 17.5 Å². The summed E-state index contributed by atoms with van der Waals surface area (Å²) in [5.41, 5.74) is 0. The largest absolute Gasteiger partial charge is 0.522 e. The fourth-order valence-corrected chi connectivity index (χ4v) is 3.96. The summed E-state index contributed by atoms with van der Waals surface area (Å²) in [5.74, 6) is -0.778. The van der Waals surface area contributed by atoms with Crippen molar-refractivity contribution in [3.05, 3.63) is 29.0 Å². The molecule has 1 saturated heterocycles. The molecule has 1 saturated carbocycles. The number of hydrogen-bond donors (Lipinski definition) is 1. The van der Waals surface area contributed by atoms with E-state index in [1.54, 1.807) is 7.11 Å². The molecule has 0 bridgehead atoms. The quantitative estimate of drug-likeness (QED) is 0.500. The van der Waals surface area contributed by atoms with E-state index in [0.717, 1.165) is 6.07 Å². The average molecular weight is 499 g/mol. The lowest BCUT2D eigenvalue weighted by Gasteiger charge is -2.39. The van der Waals surface area contributed by atoms with Crippen LogP contribution in [0.4, 0.5) is 17.6 Å². The van der Waals surface area contributed by atoms with E-state index in [1.165, 1.54) is 12.1 Å². The molecule has 1 aromatic carbocycles. The zero-order valence-corrected chi connectivity index (χ0v) is 18.8. The van der Waals surface area contributed by atoms with Gasteiger partial charge in [0.2, 0.25) is 0 Å². The van der Waals surface area contributed by atoms with E-state index < -0.39 is 18.3 Å². The van der Waals surface area contributed by atoms with Crippen molar-refractivity contribution in [2.24, 2.45) is 0 Å². The summed E-state index contributed by atoms with van der Waals surface area (Å²) >= 11 is 5.62. The van der Waals surface area contributed by atoms with Crippen molar-refractivity contribution < 1.29 is 41.3 Å². The van der Waals surface area contributed by atoms with Gasteiger partial charge in [-0.25, -0.2) is 4.39 Å². The van der Waals surface area contributed by atoms with Gasteiger partial charge in [0.15, 0.2) is 6.61 Å². The van der Waals surface area contributed by atoms with Crippen LogP contribution < -0.4 is 10.1 Å². The van der Waals surface area contributed by atoms with Gasteiger partial charge in [-0.05, 0) is 18.6 Å². The number of carbonyl (C=O) groups is 1. The summed E-state index contributed by atoms with van der Waals surface area (Å²) in [6.07, 6.45) is -4.78. The average Bonchev–Trinajstić information content (AvgIpc) is 2.72. The molecular weight excluding hydrogens is 472 g/mol. The highest BCUT2D eigenvalue weighted by Crippen LogP contribution is 2.32. The van der Waals surface area contributed by atoms with Crippen LogP contribution in [-0.4, -0.2) is 81.5 Å². The first kappa shape index (κ1) is 26.0. The van der Waals surface area contributed by atoms with E-state index in [1.807, 2.05) is 0 Å². The number of ether oxygens (including phenoxy) is 4. The lowest BCUT2D eigenvalue weighted by molar-refractivity contribution is -0.357. The van der Waals surface area contributed by atoms with E-state index in [4.69, 9.17) is 25.8 Å². The van der Waals surface area contributed by atoms with E-state index >= 15 is 0 Å². The van der Waals surface area contributed by atoms with Crippen LogP contribution in [0.1, 0.15) is 19.3 Å². The third-order valence-corrected chi connectivity index (χ3v) is 5.97. The number of benzene rings is 1. The molecule has 1 N–H and O–H groups in total. The SMILES string of the molecule is CO[C@@H]1CN(CCO[C@H]2C[C@@H](OC(F)(F)F)C2)CC[C@@H]1NC(=O)COc1ccc(Cl)c(F)c1. The lowest BCUT2D eigenvalue weighted by atomic mass is 9.92. The van der Waals surface area contributed by atoms with Crippen molar-refractivity contribution in [1.29, 1.82) is 0 Å². The third kappa shape index (κ3) is 8.25. The Morgan fingerprint density at radius 3 is 2.70 bits per heavy atom. The Morgan fingerprint density at radius 2 is 2.03 bits per heavy atom. The second-order valence-corrected chi connectivity index (χ2v) is 8.46. The molecular formula is C21H27ClF4N2O5. The molecule has 33 heavy (non-hydrogen) atoms. The van der Waals surface area contributed by atoms with Crippen LogP contribution in [0.3, 0.4) is 0 Å². The van der Waals surface area contributed by atoms with Crippen molar-refractivity contribution in [2.75, 3.05) is 40.0 Å². The molecule has 1 amide bonds. The standard InChI is InChI=1S/C21H27ClF4N2O5/c1-30-19-11-28(6-7-31-14-8-15(9-14)33-21(24,25)26)5-4-18(19)27-20(29)12-32-13-2-3-16(22)17(23)10-13/h2-3,10,14-15,18-19H,4-9,11-12H2,1H3,(H,27,29)/t14-,15+,18-,19+/m0/s1. The molecule has 0 unspecified atom stereocenters.